The molecule has 0 amide bonds. The predicted octanol–water partition coefficient (Wildman–Crippen LogP) is 0.751. The topological polar surface area (TPSA) is 32.5 Å². The average molecular weight is 199 g/mol. The molecule has 3 nitrogen and oxygen atoms in total. The first-order chi connectivity index (χ1) is 6.77. The molecule has 1 heterocycles. The molecule has 0 saturated carbocycles. The molecular weight excluding hydrogens is 174 g/mol. The summed E-state index contributed by atoms with van der Waals surface area (Å²) in [5.74, 6) is 0. The second kappa shape index (κ2) is 6.38. The van der Waals surface area contributed by atoms with E-state index in [9.17, 15) is 0 Å². The molecule has 1 saturated heterocycles. The number of hydrogen-bond acceptors (Lipinski definition) is 3. The maximum atomic E-state index is 5.58. The minimum atomic E-state index is 0.743. The van der Waals surface area contributed by atoms with E-state index < -0.39 is 0 Å². The van der Waals surface area contributed by atoms with Crippen LogP contribution in [0.25, 0.3) is 0 Å². The van der Waals surface area contributed by atoms with E-state index in [-0.39, 0.29) is 0 Å². The van der Waals surface area contributed by atoms with Gasteiger partial charge in [-0.25, -0.2) is 0 Å². The molecule has 0 aliphatic carbocycles. The van der Waals surface area contributed by atoms with E-state index >= 15 is 0 Å². The van der Waals surface area contributed by atoms with Crippen molar-refractivity contribution in [1.29, 1.82) is 0 Å². The van der Waals surface area contributed by atoms with Gasteiger partial charge >= 0.3 is 0 Å². The molecule has 0 radical (unpaired) electrons. The third kappa shape index (κ3) is 3.56. The molecule has 3 heteroatoms. The fourth-order valence-electron chi connectivity index (χ4n) is 2.10. The fourth-order valence-corrected chi connectivity index (χ4v) is 2.10. The van der Waals surface area contributed by atoms with E-state index in [4.69, 9.17) is 5.73 Å². The zero-order valence-electron chi connectivity index (χ0n) is 9.71. The van der Waals surface area contributed by atoms with Crippen molar-refractivity contribution in [3.8, 4) is 0 Å². The maximum Gasteiger partial charge on any atom is 0.0112 e. The highest BCUT2D eigenvalue weighted by molar-refractivity contribution is 4.73. The van der Waals surface area contributed by atoms with Crippen LogP contribution in [-0.4, -0.2) is 55.1 Å². The second-order valence-corrected chi connectivity index (χ2v) is 4.28. The lowest BCUT2D eigenvalue weighted by Gasteiger charge is -2.26. The van der Waals surface area contributed by atoms with Gasteiger partial charge in [0.15, 0.2) is 0 Å². The number of rotatable bonds is 4. The summed E-state index contributed by atoms with van der Waals surface area (Å²) >= 11 is 0. The molecule has 1 unspecified atom stereocenters. The van der Waals surface area contributed by atoms with Crippen LogP contribution < -0.4 is 5.73 Å². The van der Waals surface area contributed by atoms with Gasteiger partial charge in [0.05, 0.1) is 0 Å². The number of hydrogen-bond donors (Lipinski definition) is 1. The summed E-state index contributed by atoms with van der Waals surface area (Å²) in [5, 5.41) is 0. The molecule has 2 N–H and O–H groups in total. The highest BCUT2D eigenvalue weighted by Crippen LogP contribution is 2.08. The van der Waals surface area contributed by atoms with Crippen molar-refractivity contribution in [1.82, 2.24) is 9.80 Å². The highest BCUT2D eigenvalue weighted by Gasteiger charge is 2.17. The summed E-state index contributed by atoms with van der Waals surface area (Å²) in [6.07, 6.45) is 2.56. The summed E-state index contributed by atoms with van der Waals surface area (Å²) in [4.78, 5) is 5.10. The van der Waals surface area contributed by atoms with Crippen LogP contribution in [0, 0.1) is 0 Å². The van der Waals surface area contributed by atoms with E-state index in [0.29, 0.717) is 0 Å². The molecule has 1 aliphatic rings. The summed E-state index contributed by atoms with van der Waals surface area (Å²) in [7, 11) is 0. The SMILES string of the molecule is CCC(C)N1CCCN(CCN)CC1. The van der Waals surface area contributed by atoms with Crippen LogP contribution in [-0.2, 0) is 0 Å². The van der Waals surface area contributed by atoms with Crippen molar-refractivity contribution in [2.75, 3.05) is 39.3 Å². The standard InChI is InChI=1S/C11H25N3/c1-3-11(2)14-7-4-6-13(8-5-12)9-10-14/h11H,3-10,12H2,1-2H3. The summed E-state index contributed by atoms with van der Waals surface area (Å²) < 4.78 is 0. The summed E-state index contributed by atoms with van der Waals surface area (Å²) in [6, 6.07) is 0.743. The van der Waals surface area contributed by atoms with Gasteiger partial charge in [0.2, 0.25) is 0 Å². The fraction of sp³-hybridized carbons (Fsp3) is 1.00. The molecule has 0 bridgehead atoms. The Labute approximate surface area is 88.2 Å². The van der Waals surface area contributed by atoms with E-state index in [1.807, 2.05) is 0 Å². The molecule has 1 rings (SSSR count). The molecule has 84 valence electrons. The van der Waals surface area contributed by atoms with Gasteiger partial charge in [-0.2, -0.15) is 0 Å². The molecule has 0 spiro atoms. The van der Waals surface area contributed by atoms with Crippen LogP contribution >= 0.6 is 0 Å². The molecule has 0 aromatic heterocycles. The maximum absolute atomic E-state index is 5.58. The van der Waals surface area contributed by atoms with Gasteiger partial charge in [0, 0.05) is 32.2 Å². The molecule has 1 fully saturated rings. The third-order valence-corrected chi connectivity index (χ3v) is 3.28. The summed E-state index contributed by atoms with van der Waals surface area (Å²) in [6.45, 7) is 11.4. The van der Waals surface area contributed by atoms with Gasteiger partial charge in [0.1, 0.15) is 0 Å². The van der Waals surface area contributed by atoms with Crippen molar-refractivity contribution in [2.45, 2.75) is 32.7 Å². The van der Waals surface area contributed by atoms with Gasteiger partial charge in [-0.3, -0.25) is 4.90 Å². The molecule has 0 aromatic carbocycles. The monoisotopic (exact) mass is 199 g/mol. The van der Waals surface area contributed by atoms with Gasteiger partial charge in [-0.1, -0.05) is 6.92 Å². The zero-order chi connectivity index (χ0) is 10.4. The smallest absolute Gasteiger partial charge is 0.0112 e. The van der Waals surface area contributed by atoms with Crippen LogP contribution in [0.3, 0.4) is 0 Å². The second-order valence-electron chi connectivity index (χ2n) is 4.28. The first kappa shape index (κ1) is 12.0. The Morgan fingerprint density at radius 3 is 2.64 bits per heavy atom. The van der Waals surface area contributed by atoms with Crippen LogP contribution in [0.4, 0.5) is 0 Å². The zero-order valence-corrected chi connectivity index (χ0v) is 9.71. The molecule has 1 aliphatic heterocycles. The van der Waals surface area contributed by atoms with Crippen molar-refractivity contribution >= 4 is 0 Å². The molecule has 14 heavy (non-hydrogen) atoms. The van der Waals surface area contributed by atoms with Gasteiger partial charge in [0.25, 0.3) is 0 Å². The van der Waals surface area contributed by atoms with E-state index in [0.717, 1.165) is 19.1 Å². The van der Waals surface area contributed by atoms with Gasteiger partial charge in [-0.05, 0) is 32.9 Å². The van der Waals surface area contributed by atoms with Crippen molar-refractivity contribution in [3.05, 3.63) is 0 Å². The third-order valence-electron chi connectivity index (χ3n) is 3.28. The first-order valence-corrected chi connectivity index (χ1v) is 5.94. The number of nitrogens with two attached hydrogens (primary N) is 1. The first-order valence-electron chi connectivity index (χ1n) is 5.94. The van der Waals surface area contributed by atoms with E-state index in [1.54, 1.807) is 0 Å². The quantitative estimate of drug-likeness (QED) is 0.725. The Kier molecular flexibility index (Phi) is 5.45. The Morgan fingerprint density at radius 1 is 1.21 bits per heavy atom. The Balaban J connectivity index is 2.32. The minimum Gasteiger partial charge on any atom is -0.329 e. The van der Waals surface area contributed by atoms with Crippen LogP contribution in [0.5, 0.6) is 0 Å². The highest BCUT2D eigenvalue weighted by atomic mass is 15.2. The largest absolute Gasteiger partial charge is 0.329 e. The van der Waals surface area contributed by atoms with Crippen LogP contribution in [0.15, 0.2) is 0 Å². The predicted molar refractivity (Wildman–Crippen MR) is 61.4 cm³/mol. The van der Waals surface area contributed by atoms with Crippen LogP contribution in [0.2, 0.25) is 0 Å². The lowest BCUT2D eigenvalue weighted by Crippen LogP contribution is -2.37. The Morgan fingerprint density at radius 2 is 2.00 bits per heavy atom. The Bertz CT molecular complexity index is 149. The molecule has 1 atom stereocenters. The van der Waals surface area contributed by atoms with Crippen molar-refractivity contribution < 1.29 is 0 Å². The average Bonchev–Trinajstić information content (AvgIpc) is 2.43. The van der Waals surface area contributed by atoms with Crippen molar-refractivity contribution in [3.63, 3.8) is 0 Å². The lowest BCUT2D eigenvalue weighted by atomic mass is 10.2. The van der Waals surface area contributed by atoms with E-state index in [2.05, 4.69) is 23.6 Å². The summed E-state index contributed by atoms with van der Waals surface area (Å²) in [5.41, 5.74) is 5.58. The normalized spacial score (nSPS) is 23.4. The van der Waals surface area contributed by atoms with Crippen molar-refractivity contribution in [2.24, 2.45) is 5.73 Å². The van der Waals surface area contributed by atoms with Gasteiger partial charge in [-0.15, -0.1) is 0 Å². The van der Waals surface area contributed by atoms with E-state index in [1.165, 1.54) is 39.0 Å². The molecule has 0 aromatic rings. The lowest BCUT2D eigenvalue weighted by molar-refractivity contribution is 0.206. The Hall–Kier alpha value is -0.120. The van der Waals surface area contributed by atoms with Gasteiger partial charge < -0.3 is 10.6 Å². The molecular formula is C11H25N3. The number of nitrogens with zero attached hydrogens (tertiary/aromatic N) is 2. The minimum absolute atomic E-state index is 0.743. The van der Waals surface area contributed by atoms with Crippen LogP contribution in [0.1, 0.15) is 26.7 Å².